The third-order valence-corrected chi connectivity index (χ3v) is 4.47. The summed E-state index contributed by atoms with van der Waals surface area (Å²) in [7, 11) is 0. The lowest BCUT2D eigenvalue weighted by Crippen LogP contribution is -2.59. The van der Waals surface area contributed by atoms with E-state index >= 15 is 0 Å². The van der Waals surface area contributed by atoms with Crippen molar-refractivity contribution in [3.05, 3.63) is 35.9 Å². The Morgan fingerprint density at radius 3 is 2.52 bits per heavy atom. The van der Waals surface area contributed by atoms with E-state index in [1.165, 1.54) is 4.90 Å². The Hall–Kier alpha value is -1.88. The summed E-state index contributed by atoms with van der Waals surface area (Å²) >= 11 is 0. The molecule has 0 aliphatic carbocycles. The highest BCUT2D eigenvalue weighted by atomic mass is 16.6. The second-order valence-electron chi connectivity index (χ2n) is 7.65. The molecule has 2 rings (SSSR count). The molecule has 1 aromatic carbocycles. The number of morpholine rings is 1. The molecule has 1 saturated heterocycles. The molecule has 1 aliphatic rings. The van der Waals surface area contributed by atoms with E-state index in [0.717, 1.165) is 12.0 Å². The molecule has 1 aromatic rings. The summed E-state index contributed by atoms with van der Waals surface area (Å²) in [5, 5.41) is 0. The van der Waals surface area contributed by atoms with Crippen LogP contribution in [0.1, 0.15) is 46.6 Å². The summed E-state index contributed by atoms with van der Waals surface area (Å²) < 4.78 is 11.3. The predicted octanol–water partition coefficient (Wildman–Crippen LogP) is 3.81. The van der Waals surface area contributed by atoms with Crippen LogP contribution in [-0.2, 0) is 20.7 Å². The van der Waals surface area contributed by atoms with Crippen molar-refractivity contribution in [1.29, 1.82) is 0 Å². The van der Waals surface area contributed by atoms with Gasteiger partial charge in [-0.1, -0.05) is 50.6 Å². The smallest absolute Gasteiger partial charge is 0.417 e. The van der Waals surface area contributed by atoms with Gasteiger partial charge in [0.2, 0.25) is 0 Å². The number of rotatable bonds is 4. The van der Waals surface area contributed by atoms with Crippen molar-refractivity contribution in [2.24, 2.45) is 5.92 Å². The fourth-order valence-electron chi connectivity index (χ4n) is 2.88. The lowest BCUT2D eigenvalue weighted by atomic mass is 9.95. The number of benzene rings is 1. The maximum Gasteiger partial charge on any atom is 0.417 e. The van der Waals surface area contributed by atoms with Crippen molar-refractivity contribution < 1.29 is 19.1 Å². The molecule has 3 unspecified atom stereocenters. The Balaban J connectivity index is 2.21. The number of amides is 2. The second kappa shape index (κ2) is 8.00. The molecule has 2 amide bonds. The van der Waals surface area contributed by atoms with Crippen molar-refractivity contribution in [2.45, 2.75) is 65.2 Å². The minimum atomic E-state index is -0.657. The summed E-state index contributed by atoms with van der Waals surface area (Å²) in [4.78, 5) is 27.0. The maximum absolute atomic E-state index is 13.0. The molecule has 25 heavy (non-hydrogen) atoms. The zero-order valence-electron chi connectivity index (χ0n) is 15.8. The second-order valence-corrected chi connectivity index (χ2v) is 7.65. The van der Waals surface area contributed by atoms with Crippen LogP contribution in [0, 0.1) is 5.92 Å². The van der Waals surface area contributed by atoms with Gasteiger partial charge in [0, 0.05) is 6.42 Å². The Morgan fingerprint density at radius 1 is 1.32 bits per heavy atom. The molecule has 0 saturated carbocycles. The summed E-state index contributed by atoms with van der Waals surface area (Å²) in [5.74, 6) is -0.163. The van der Waals surface area contributed by atoms with E-state index in [9.17, 15) is 9.59 Å². The lowest BCUT2D eigenvalue weighted by molar-refractivity contribution is -0.159. The van der Waals surface area contributed by atoms with E-state index in [-0.39, 0.29) is 17.9 Å². The number of hydrogen-bond donors (Lipinski definition) is 0. The molecule has 0 N–H and O–H groups in total. The van der Waals surface area contributed by atoms with E-state index in [4.69, 9.17) is 9.47 Å². The average Bonchev–Trinajstić information content (AvgIpc) is 2.55. The van der Waals surface area contributed by atoms with E-state index in [1.54, 1.807) is 20.8 Å². The number of carbonyl (C=O) groups is 2. The first-order valence-corrected chi connectivity index (χ1v) is 8.94. The van der Waals surface area contributed by atoms with Crippen LogP contribution in [0.3, 0.4) is 0 Å². The van der Waals surface area contributed by atoms with Crippen molar-refractivity contribution in [2.75, 3.05) is 6.61 Å². The lowest BCUT2D eigenvalue weighted by Gasteiger charge is -2.40. The van der Waals surface area contributed by atoms with E-state index < -0.39 is 17.8 Å². The van der Waals surface area contributed by atoms with Crippen LogP contribution >= 0.6 is 0 Å². The summed E-state index contributed by atoms with van der Waals surface area (Å²) in [6.07, 6.45) is 0.0651. The number of hydrogen-bond acceptors (Lipinski definition) is 4. The molecule has 5 nitrogen and oxygen atoms in total. The van der Waals surface area contributed by atoms with Crippen LogP contribution in [-0.4, -0.2) is 41.3 Å². The fourth-order valence-corrected chi connectivity index (χ4v) is 2.88. The number of carbonyl (C=O) groups excluding carboxylic acids is 2. The predicted molar refractivity (Wildman–Crippen MR) is 96.2 cm³/mol. The highest BCUT2D eigenvalue weighted by molar-refractivity contribution is 5.95. The van der Waals surface area contributed by atoms with Crippen LogP contribution in [0.25, 0.3) is 0 Å². The molecule has 3 atom stereocenters. The largest absolute Gasteiger partial charge is 0.443 e. The first-order chi connectivity index (χ1) is 11.7. The molecule has 0 spiro atoms. The third-order valence-electron chi connectivity index (χ3n) is 4.47. The minimum Gasteiger partial charge on any atom is -0.443 e. The molecule has 0 radical (unpaired) electrons. The van der Waals surface area contributed by atoms with E-state index in [2.05, 4.69) is 0 Å². The number of ether oxygens (including phenoxy) is 2. The van der Waals surface area contributed by atoms with Gasteiger partial charge in [0.15, 0.2) is 0 Å². The molecule has 1 aliphatic heterocycles. The monoisotopic (exact) mass is 347 g/mol. The van der Waals surface area contributed by atoms with Gasteiger partial charge in [0.05, 0.1) is 12.6 Å². The number of nitrogens with zero attached hydrogens (tertiary/aromatic N) is 1. The van der Waals surface area contributed by atoms with Crippen molar-refractivity contribution in [3.63, 3.8) is 0 Å². The molecular formula is C20H29NO4. The fraction of sp³-hybridized carbons (Fsp3) is 0.600. The Morgan fingerprint density at radius 2 is 1.96 bits per heavy atom. The quantitative estimate of drug-likeness (QED) is 0.831. The highest BCUT2D eigenvalue weighted by Crippen LogP contribution is 2.25. The highest BCUT2D eigenvalue weighted by Gasteiger charge is 2.43. The molecule has 1 heterocycles. The summed E-state index contributed by atoms with van der Waals surface area (Å²) in [6.45, 7) is 9.81. The van der Waals surface area contributed by atoms with Crippen LogP contribution in [0.15, 0.2) is 30.3 Å². The molecule has 0 aromatic heterocycles. The first-order valence-electron chi connectivity index (χ1n) is 8.94. The van der Waals surface area contributed by atoms with E-state index in [1.807, 2.05) is 44.2 Å². The average molecular weight is 347 g/mol. The van der Waals surface area contributed by atoms with Crippen molar-refractivity contribution in [3.8, 4) is 0 Å². The molecular weight excluding hydrogens is 318 g/mol. The molecule has 138 valence electrons. The Labute approximate surface area is 150 Å². The van der Waals surface area contributed by atoms with Gasteiger partial charge in [0.1, 0.15) is 11.7 Å². The normalized spacial score (nSPS) is 22.6. The zero-order chi connectivity index (χ0) is 18.6. The van der Waals surface area contributed by atoms with Crippen molar-refractivity contribution in [1.82, 2.24) is 4.90 Å². The van der Waals surface area contributed by atoms with Gasteiger partial charge in [-0.25, -0.2) is 9.69 Å². The summed E-state index contributed by atoms with van der Waals surface area (Å²) in [5.41, 5.74) is 0.358. The SMILES string of the molecule is CCC(C)C1COC(Cc2ccccc2)C(=O)N1C(=O)OC(C)(C)C. The van der Waals surface area contributed by atoms with Gasteiger partial charge in [-0.3, -0.25) is 4.79 Å². The van der Waals surface area contributed by atoms with Crippen LogP contribution in [0.5, 0.6) is 0 Å². The maximum atomic E-state index is 13.0. The molecule has 0 bridgehead atoms. The van der Waals surface area contributed by atoms with Gasteiger partial charge in [-0.15, -0.1) is 0 Å². The van der Waals surface area contributed by atoms with Gasteiger partial charge < -0.3 is 9.47 Å². The third kappa shape index (κ3) is 5.05. The van der Waals surface area contributed by atoms with Gasteiger partial charge in [-0.2, -0.15) is 0 Å². The topological polar surface area (TPSA) is 55.8 Å². The van der Waals surface area contributed by atoms with Crippen LogP contribution in [0.2, 0.25) is 0 Å². The summed E-state index contributed by atoms with van der Waals surface area (Å²) in [6, 6.07) is 9.40. The molecule has 1 fully saturated rings. The van der Waals surface area contributed by atoms with Gasteiger partial charge >= 0.3 is 6.09 Å². The van der Waals surface area contributed by atoms with Gasteiger partial charge in [-0.05, 0) is 32.3 Å². The van der Waals surface area contributed by atoms with E-state index in [0.29, 0.717) is 13.0 Å². The van der Waals surface area contributed by atoms with Gasteiger partial charge in [0.25, 0.3) is 5.91 Å². The Kier molecular flexibility index (Phi) is 6.22. The zero-order valence-corrected chi connectivity index (χ0v) is 15.8. The first kappa shape index (κ1) is 19.4. The molecule has 5 heteroatoms. The minimum absolute atomic E-state index is 0.147. The standard InChI is InChI=1S/C20H29NO4/c1-6-14(2)16-13-24-17(12-15-10-8-7-9-11-15)18(22)21(16)19(23)25-20(3,4)5/h7-11,14,16-17H,6,12-13H2,1-5H3. The van der Waals surface area contributed by atoms with Crippen molar-refractivity contribution >= 4 is 12.0 Å². The Bertz CT molecular complexity index is 593. The van der Waals surface area contributed by atoms with Crippen LogP contribution in [0.4, 0.5) is 4.79 Å². The van der Waals surface area contributed by atoms with Crippen LogP contribution < -0.4 is 0 Å². The number of imide groups is 1.